The molecular weight excluding hydrogens is 264 g/mol. The molecule has 2 fully saturated rings. The first-order chi connectivity index (χ1) is 10.0. The largest absolute Gasteiger partial charge is 0.340 e. The Labute approximate surface area is 128 Å². The standard InChI is InChI=1S/C17H30N2O2/c1-4-6-12-19-14(13-10-8-7-9-11-13)15(20)18-17(3,5-2)16(19)21/h13-14H,4-12H2,1-3H3,(H,18,20). The van der Waals surface area contributed by atoms with Crippen molar-refractivity contribution in [1.82, 2.24) is 10.2 Å². The summed E-state index contributed by atoms with van der Waals surface area (Å²) in [4.78, 5) is 27.5. The van der Waals surface area contributed by atoms with Gasteiger partial charge >= 0.3 is 0 Å². The van der Waals surface area contributed by atoms with Crippen molar-refractivity contribution in [2.24, 2.45) is 5.92 Å². The van der Waals surface area contributed by atoms with Crippen LogP contribution in [-0.2, 0) is 9.59 Å². The van der Waals surface area contributed by atoms with Gasteiger partial charge in [0.25, 0.3) is 0 Å². The van der Waals surface area contributed by atoms with E-state index in [2.05, 4.69) is 12.2 Å². The summed E-state index contributed by atoms with van der Waals surface area (Å²) in [7, 11) is 0. The second-order valence-corrected chi connectivity index (χ2v) is 6.87. The lowest BCUT2D eigenvalue weighted by Crippen LogP contribution is -2.70. The third-order valence-corrected chi connectivity index (χ3v) is 5.29. The van der Waals surface area contributed by atoms with Crippen molar-refractivity contribution < 1.29 is 9.59 Å². The van der Waals surface area contributed by atoms with Crippen molar-refractivity contribution in [3.8, 4) is 0 Å². The Bertz CT molecular complexity index is 390. The predicted octanol–water partition coefficient (Wildman–Crippen LogP) is 2.86. The van der Waals surface area contributed by atoms with E-state index >= 15 is 0 Å². The Morgan fingerprint density at radius 2 is 1.86 bits per heavy atom. The number of hydrogen-bond acceptors (Lipinski definition) is 2. The van der Waals surface area contributed by atoms with Crippen LogP contribution in [0.1, 0.15) is 72.1 Å². The van der Waals surface area contributed by atoms with E-state index in [1.807, 2.05) is 18.7 Å². The number of unbranched alkanes of at least 4 members (excludes halogenated alkanes) is 1. The fourth-order valence-corrected chi connectivity index (χ4v) is 3.71. The highest BCUT2D eigenvalue weighted by molar-refractivity contribution is 5.99. The van der Waals surface area contributed by atoms with Crippen molar-refractivity contribution in [3.63, 3.8) is 0 Å². The molecule has 1 aliphatic carbocycles. The van der Waals surface area contributed by atoms with Gasteiger partial charge in [-0.3, -0.25) is 9.59 Å². The second kappa shape index (κ2) is 6.80. The molecule has 2 amide bonds. The average molecular weight is 294 g/mol. The zero-order chi connectivity index (χ0) is 15.5. The van der Waals surface area contributed by atoms with Crippen LogP contribution in [0.5, 0.6) is 0 Å². The van der Waals surface area contributed by atoms with E-state index in [0.29, 0.717) is 12.3 Å². The van der Waals surface area contributed by atoms with Crippen LogP contribution in [0.2, 0.25) is 0 Å². The van der Waals surface area contributed by atoms with Crippen molar-refractivity contribution in [2.45, 2.75) is 83.7 Å². The van der Waals surface area contributed by atoms with Crippen LogP contribution in [0, 0.1) is 5.92 Å². The normalized spacial score (nSPS) is 31.4. The SMILES string of the molecule is CCCCN1C(=O)C(C)(CC)NC(=O)C1C1CCCCC1. The molecule has 0 aromatic rings. The average Bonchev–Trinajstić information content (AvgIpc) is 2.50. The minimum absolute atomic E-state index is 0.0713. The number of carbonyl (C=O) groups excluding carboxylic acids is 2. The molecule has 4 heteroatoms. The molecule has 1 N–H and O–H groups in total. The van der Waals surface area contributed by atoms with Crippen molar-refractivity contribution in [2.75, 3.05) is 6.54 Å². The highest BCUT2D eigenvalue weighted by Crippen LogP contribution is 2.33. The molecular formula is C17H30N2O2. The molecule has 4 nitrogen and oxygen atoms in total. The Morgan fingerprint density at radius 3 is 2.43 bits per heavy atom. The predicted molar refractivity (Wildman–Crippen MR) is 83.8 cm³/mol. The van der Waals surface area contributed by atoms with Gasteiger partial charge in [0, 0.05) is 6.54 Å². The third-order valence-electron chi connectivity index (χ3n) is 5.29. The van der Waals surface area contributed by atoms with Gasteiger partial charge in [0.1, 0.15) is 11.6 Å². The lowest BCUT2D eigenvalue weighted by atomic mass is 9.79. The minimum atomic E-state index is -0.712. The first-order valence-corrected chi connectivity index (χ1v) is 8.66. The lowest BCUT2D eigenvalue weighted by Gasteiger charge is -2.47. The lowest BCUT2D eigenvalue weighted by molar-refractivity contribution is -0.157. The molecule has 1 saturated carbocycles. The van der Waals surface area contributed by atoms with Gasteiger partial charge in [0.15, 0.2) is 0 Å². The summed E-state index contributed by atoms with van der Waals surface area (Å²) in [5.74, 6) is 0.538. The van der Waals surface area contributed by atoms with Crippen molar-refractivity contribution in [1.29, 1.82) is 0 Å². The summed E-state index contributed by atoms with van der Waals surface area (Å²) in [5.41, 5.74) is -0.712. The molecule has 1 heterocycles. The van der Waals surface area contributed by atoms with E-state index in [-0.39, 0.29) is 17.9 Å². The van der Waals surface area contributed by atoms with Crippen LogP contribution in [0.25, 0.3) is 0 Å². The van der Waals surface area contributed by atoms with Crippen LogP contribution in [-0.4, -0.2) is 34.8 Å². The maximum absolute atomic E-state index is 12.9. The van der Waals surface area contributed by atoms with Crippen LogP contribution in [0.4, 0.5) is 0 Å². The number of nitrogens with one attached hydrogen (secondary N) is 1. The van der Waals surface area contributed by atoms with Crippen LogP contribution in [0.15, 0.2) is 0 Å². The van der Waals surface area contributed by atoms with Gasteiger partial charge in [0.05, 0.1) is 0 Å². The quantitative estimate of drug-likeness (QED) is 0.847. The molecule has 21 heavy (non-hydrogen) atoms. The summed E-state index contributed by atoms with van der Waals surface area (Å²) >= 11 is 0. The van der Waals surface area contributed by atoms with Crippen LogP contribution < -0.4 is 5.32 Å². The third kappa shape index (κ3) is 3.24. The van der Waals surface area contributed by atoms with E-state index in [9.17, 15) is 9.59 Å². The number of rotatable bonds is 5. The number of amides is 2. The molecule has 2 rings (SSSR count). The molecule has 0 spiro atoms. The van der Waals surface area contributed by atoms with E-state index in [0.717, 1.165) is 32.2 Å². The monoisotopic (exact) mass is 294 g/mol. The number of nitrogens with zero attached hydrogens (tertiary/aromatic N) is 1. The Balaban J connectivity index is 2.23. The minimum Gasteiger partial charge on any atom is -0.340 e. The molecule has 2 unspecified atom stereocenters. The molecule has 2 atom stereocenters. The molecule has 0 radical (unpaired) electrons. The van der Waals surface area contributed by atoms with Gasteiger partial charge < -0.3 is 10.2 Å². The van der Waals surface area contributed by atoms with Gasteiger partial charge in [-0.25, -0.2) is 0 Å². The summed E-state index contributed by atoms with van der Waals surface area (Å²) < 4.78 is 0. The molecule has 2 aliphatic rings. The fourth-order valence-electron chi connectivity index (χ4n) is 3.71. The highest BCUT2D eigenvalue weighted by Gasteiger charge is 2.49. The van der Waals surface area contributed by atoms with Gasteiger partial charge in [-0.2, -0.15) is 0 Å². The second-order valence-electron chi connectivity index (χ2n) is 6.87. The Morgan fingerprint density at radius 1 is 1.19 bits per heavy atom. The summed E-state index contributed by atoms with van der Waals surface area (Å²) in [6, 6.07) is -0.232. The fraction of sp³-hybridized carbons (Fsp3) is 0.882. The first kappa shape index (κ1) is 16.3. The number of piperazine rings is 1. The smallest absolute Gasteiger partial charge is 0.248 e. The topological polar surface area (TPSA) is 49.4 Å². The molecule has 120 valence electrons. The maximum atomic E-state index is 12.9. The molecule has 0 aromatic heterocycles. The van der Waals surface area contributed by atoms with E-state index in [4.69, 9.17) is 0 Å². The summed E-state index contributed by atoms with van der Waals surface area (Å²) in [5, 5.41) is 3.02. The Hall–Kier alpha value is -1.06. The van der Waals surface area contributed by atoms with Gasteiger partial charge in [-0.15, -0.1) is 0 Å². The molecule has 1 aliphatic heterocycles. The van der Waals surface area contributed by atoms with Crippen LogP contribution in [0.3, 0.4) is 0 Å². The number of carbonyl (C=O) groups is 2. The summed E-state index contributed by atoms with van der Waals surface area (Å²) in [6.07, 6.45) is 8.48. The van der Waals surface area contributed by atoms with Crippen molar-refractivity contribution >= 4 is 11.8 Å². The maximum Gasteiger partial charge on any atom is 0.248 e. The molecule has 1 saturated heterocycles. The van der Waals surface area contributed by atoms with Gasteiger partial charge in [-0.1, -0.05) is 39.5 Å². The van der Waals surface area contributed by atoms with E-state index in [1.54, 1.807) is 0 Å². The van der Waals surface area contributed by atoms with E-state index < -0.39 is 5.54 Å². The van der Waals surface area contributed by atoms with Crippen LogP contribution >= 0.6 is 0 Å². The Kier molecular flexibility index (Phi) is 5.28. The van der Waals surface area contributed by atoms with Gasteiger partial charge in [0.2, 0.25) is 11.8 Å². The first-order valence-electron chi connectivity index (χ1n) is 8.66. The van der Waals surface area contributed by atoms with Gasteiger partial charge in [-0.05, 0) is 38.5 Å². The molecule has 0 aromatic carbocycles. The summed E-state index contributed by atoms with van der Waals surface area (Å²) in [6.45, 7) is 6.68. The zero-order valence-electron chi connectivity index (χ0n) is 13.8. The molecule has 0 bridgehead atoms. The van der Waals surface area contributed by atoms with Crippen molar-refractivity contribution in [3.05, 3.63) is 0 Å². The highest BCUT2D eigenvalue weighted by atomic mass is 16.2. The zero-order valence-corrected chi connectivity index (χ0v) is 13.8. The van der Waals surface area contributed by atoms with E-state index in [1.165, 1.54) is 19.3 Å². The number of hydrogen-bond donors (Lipinski definition) is 1.